The van der Waals surface area contributed by atoms with Crippen LogP contribution in [0.4, 0.5) is 4.39 Å². The van der Waals surface area contributed by atoms with Crippen LogP contribution < -0.4 is 4.74 Å². The number of aliphatic hydroxyl groups is 1. The van der Waals surface area contributed by atoms with Crippen LogP contribution in [0.2, 0.25) is 0 Å². The van der Waals surface area contributed by atoms with E-state index in [1.165, 1.54) is 19.2 Å². The number of β-amino-alcohol motifs (C(OH)–C–C–N with tert-alkyl or cyclic N) is 1. The Morgan fingerprint density at radius 2 is 1.91 bits per heavy atom. The second-order valence-electron chi connectivity index (χ2n) is 5.61. The summed E-state index contributed by atoms with van der Waals surface area (Å²) in [5, 5.41) is 10.0. The predicted octanol–water partition coefficient (Wildman–Crippen LogP) is 2.78. The highest BCUT2D eigenvalue weighted by Crippen LogP contribution is 2.34. The number of hydrogen-bond donors (Lipinski definition) is 1. The van der Waals surface area contributed by atoms with Crippen LogP contribution in [0.3, 0.4) is 0 Å². The van der Waals surface area contributed by atoms with Crippen molar-refractivity contribution in [2.75, 3.05) is 13.7 Å². The van der Waals surface area contributed by atoms with E-state index in [1.807, 2.05) is 0 Å². The number of ether oxygens (including phenoxy) is 1. The summed E-state index contributed by atoms with van der Waals surface area (Å²) in [5.74, 6) is -0.0278. The summed E-state index contributed by atoms with van der Waals surface area (Å²) in [7, 11) is 1.52. The third-order valence-electron chi connectivity index (χ3n) is 4.13. The highest BCUT2D eigenvalue weighted by molar-refractivity contribution is 5.97. The molecule has 0 bridgehead atoms. The van der Waals surface area contributed by atoms with Crippen LogP contribution in [0.25, 0.3) is 0 Å². The molecule has 1 saturated heterocycles. The quantitative estimate of drug-likeness (QED) is 0.947. The molecule has 5 heteroatoms. The SMILES string of the molecule is COc1ccccc1C(=O)N1C[C@@H](O)C[C@H]1c1ccc(F)cc1. The molecule has 2 aromatic carbocycles. The van der Waals surface area contributed by atoms with Crippen LogP contribution in [0.5, 0.6) is 5.75 Å². The van der Waals surface area contributed by atoms with Crippen molar-refractivity contribution in [3.05, 3.63) is 65.5 Å². The van der Waals surface area contributed by atoms with Gasteiger partial charge in [-0.3, -0.25) is 4.79 Å². The van der Waals surface area contributed by atoms with Crippen molar-refractivity contribution in [1.29, 1.82) is 0 Å². The fraction of sp³-hybridized carbons (Fsp3) is 0.278. The molecule has 4 nitrogen and oxygen atoms in total. The minimum absolute atomic E-state index is 0.201. The summed E-state index contributed by atoms with van der Waals surface area (Å²) in [4.78, 5) is 14.5. The van der Waals surface area contributed by atoms with Gasteiger partial charge in [0, 0.05) is 6.54 Å². The van der Waals surface area contributed by atoms with Crippen LogP contribution in [-0.4, -0.2) is 35.7 Å². The van der Waals surface area contributed by atoms with Gasteiger partial charge in [0.05, 0.1) is 24.8 Å². The summed E-state index contributed by atoms with van der Waals surface area (Å²) >= 11 is 0. The van der Waals surface area contributed by atoms with Crippen molar-refractivity contribution in [1.82, 2.24) is 4.90 Å². The summed E-state index contributed by atoms with van der Waals surface area (Å²) in [6.07, 6.45) is -0.157. The van der Waals surface area contributed by atoms with Gasteiger partial charge >= 0.3 is 0 Å². The molecular weight excluding hydrogens is 297 g/mol. The Bertz CT molecular complexity index is 702. The minimum atomic E-state index is -0.594. The first-order valence-electron chi connectivity index (χ1n) is 7.47. The van der Waals surface area contributed by atoms with Crippen molar-refractivity contribution in [3.63, 3.8) is 0 Å². The molecule has 1 aliphatic heterocycles. The summed E-state index contributed by atoms with van der Waals surface area (Å²) in [5.41, 5.74) is 1.27. The van der Waals surface area contributed by atoms with Crippen LogP contribution in [0.1, 0.15) is 28.4 Å². The third-order valence-corrected chi connectivity index (χ3v) is 4.13. The molecule has 0 aliphatic carbocycles. The van der Waals surface area contributed by atoms with E-state index in [9.17, 15) is 14.3 Å². The maximum Gasteiger partial charge on any atom is 0.258 e. The Morgan fingerprint density at radius 3 is 2.61 bits per heavy atom. The third kappa shape index (κ3) is 3.05. The van der Waals surface area contributed by atoms with Gasteiger partial charge in [-0.25, -0.2) is 4.39 Å². The Kier molecular flexibility index (Phi) is 4.30. The summed E-state index contributed by atoms with van der Waals surface area (Å²) < 4.78 is 18.4. The van der Waals surface area contributed by atoms with Gasteiger partial charge < -0.3 is 14.7 Å². The second-order valence-corrected chi connectivity index (χ2v) is 5.61. The highest BCUT2D eigenvalue weighted by Gasteiger charge is 2.36. The van der Waals surface area contributed by atoms with Gasteiger partial charge in [-0.2, -0.15) is 0 Å². The number of likely N-dealkylation sites (tertiary alicyclic amines) is 1. The number of benzene rings is 2. The van der Waals surface area contributed by atoms with Crippen LogP contribution in [0, 0.1) is 5.82 Å². The Labute approximate surface area is 134 Å². The average molecular weight is 315 g/mol. The van der Waals surface area contributed by atoms with Crippen molar-refractivity contribution >= 4 is 5.91 Å². The van der Waals surface area contributed by atoms with E-state index < -0.39 is 6.10 Å². The van der Waals surface area contributed by atoms with Crippen molar-refractivity contribution in [3.8, 4) is 5.75 Å². The van der Waals surface area contributed by atoms with Gasteiger partial charge in [0.25, 0.3) is 5.91 Å². The Morgan fingerprint density at radius 1 is 1.22 bits per heavy atom. The number of rotatable bonds is 3. The number of carbonyl (C=O) groups excluding carboxylic acids is 1. The number of methoxy groups -OCH3 is 1. The first kappa shape index (κ1) is 15.5. The lowest BCUT2D eigenvalue weighted by molar-refractivity contribution is 0.0712. The lowest BCUT2D eigenvalue weighted by Crippen LogP contribution is -2.32. The van der Waals surface area contributed by atoms with E-state index in [4.69, 9.17) is 4.74 Å². The second kappa shape index (κ2) is 6.38. The molecule has 1 heterocycles. The van der Waals surface area contributed by atoms with E-state index in [0.29, 0.717) is 17.7 Å². The molecule has 0 unspecified atom stereocenters. The van der Waals surface area contributed by atoms with Gasteiger partial charge in [-0.1, -0.05) is 24.3 Å². The van der Waals surface area contributed by atoms with Gasteiger partial charge in [-0.05, 0) is 36.2 Å². The van der Waals surface area contributed by atoms with E-state index in [-0.39, 0.29) is 24.3 Å². The van der Waals surface area contributed by atoms with Crippen LogP contribution in [0.15, 0.2) is 48.5 Å². The molecule has 0 saturated carbocycles. The zero-order valence-corrected chi connectivity index (χ0v) is 12.8. The molecular formula is C18H18FNO3. The molecule has 0 spiro atoms. The first-order chi connectivity index (χ1) is 11.1. The molecule has 23 heavy (non-hydrogen) atoms. The Hall–Kier alpha value is -2.40. The number of nitrogens with zero attached hydrogens (tertiary/aromatic N) is 1. The fourth-order valence-electron chi connectivity index (χ4n) is 3.02. The number of carbonyl (C=O) groups is 1. The molecule has 1 N–H and O–H groups in total. The Balaban J connectivity index is 1.93. The molecule has 2 aromatic rings. The van der Waals surface area contributed by atoms with E-state index in [0.717, 1.165) is 5.56 Å². The van der Waals surface area contributed by atoms with Crippen LogP contribution in [-0.2, 0) is 0 Å². The van der Waals surface area contributed by atoms with E-state index in [2.05, 4.69) is 0 Å². The number of aliphatic hydroxyl groups excluding tert-OH is 1. The first-order valence-corrected chi connectivity index (χ1v) is 7.47. The van der Waals surface area contributed by atoms with Crippen molar-refractivity contribution < 1.29 is 19.0 Å². The largest absolute Gasteiger partial charge is 0.496 e. The number of para-hydroxylation sites is 1. The molecule has 120 valence electrons. The molecule has 1 amide bonds. The maximum absolute atomic E-state index is 13.1. The number of halogens is 1. The van der Waals surface area contributed by atoms with Gasteiger partial charge in [0.2, 0.25) is 0 Å². The average Bonchev–Trinajstić information content (AvgIpc) is 2.96. The van der Waals surface area contributed by atoms with Gasteiger partial charge in [0.15, 0.2) is 0 Å². The standard InChI is InChI=1S/C18H18FNO3/c1-23-17-5-3-2-4-15(17)18(22)20-11-14(21)10-16(20)12-6-8-13(19)9-7-12/h2-9,14,16,21H,10-11H2,1H3/t14-,16-/m0/s1. The normalized spacial score (nSPS) is 20.6. The van der Waals surface area contributed by atoms with Crippen molar-refractivity contribution in [2.24, 2.45) is 0 Å². The monoisotopic (exact) mass is 315 g/mol. The van der Waals surface area contributed by atoms with Gasteiger partial charge in [-0.15, -0.1) is 0 Å². The highest BCUT2D eigenvalue weighted by atomic mass is 19.1. The molecule has 1 fully saturated rings. The zero-order chi connectivity index (χ0) is 16.4. The van der Waals surface area contributed by atoms with E-state index in [1.54, 1.807) is 41.3 Å². The fourth-order valence-corrected chi connectivity index (χ4v) is 3.02. The predicted molar refractivity (Wildman–Crippen MR) is 83.8 cm³/mol. The lowest BCUT2D eigenvalue weighted by Gasteiger charge is -2.25. The van der Waals surface area contributed by atoms with Crippen molar-refractivity contribution in [2.45, 2.75) is 18.6 Å². The number of amides is 1. The molecule has 1 aliphatic rings. The van der Waals surface area contributed by atoms with E-state index >= 15 is 0 Å². The summed E-state index contributed by atoms with van der Waals surface area (Å²) in [6.45, 7) is 0.249. The van der Waals surface area contributed by atoms with Crippen LogP contribution >= 0.6 is 0 Å². The lowest BCUT2D eigenvalue weighted by atomic mass is 10.0. The molecule has 3 rings (SSSR count). The zero-order valence-electron chi connectivity index (χ0n) is 12.8. The van der Waals surface area contributed by atoms with Gasteiger partial charge in [0.1, 0.15) is 11.6 Å². The molecule has 0 radical (unpaired) electrons. The number of hydrogen-bond acceptors (Lipinski definition) is 3. The summed E-state index contributed by atoms with van der Waals surface area (Å²) in [6, 6.07) is 12.8. The maximum atomic E-state index is 13.1. The smallest absolute Gasteiger partial charge is 0.258 e. The molecule has 0 aromatic heterocycles. The topological polar surface area (TPSA) is 49.8 Å². The minimum Gasteiger partial charge on any atom is -0.496 e. The molecule has 2 atom stereocenters.